The molecular weight excluding hydrogens is 424 g/mol. The number of hydrogen-bond donors (Lipinski definition) is 2. The maximum atomic E-state index is 6.36. The second-order valence-corrected chi connectivity index (χ2v) is 10.9. The summed E-state index contributed by atoms with van der Waals surface area (Å²) < 4.78 is 0. The summed E-state index contributed by atoms with van der Waals surface area (Å²) in [5, 5.41) is 3.58. The second-order valence-electron chi connectivity index (χ2n) is 10.9. The van der Waals surface area contributed by atoms with Crippen molar-refractivity contribution in [2.75, 3.05) is 0 Å². The molecule has 0 aromatic heterocycles. The molecule has 0 saturated carbocycles. The van der Waals surface area contributed by atoms with Crippen molar-refractivity contribution in [3.63, 3.8) is 0 Å². The summed E-state index contributed by atoms with van der Waals surface area (Å²) in [4.78, 5) is 0. The van der Waals surface area contributed by atoms with E-state index < -0.39 is 0 Å². The van der Waals surface area contributed by atoms with Gasteiger partial charge in [0.05, 0.1) is 0 Å². The highest BCUT2D eigenvalue weighted by molar-refractivity contribution is 5.43. The molecule has 0 fully saturated rings. The Morgan fingerprint density at radius 2 is 1.66 bits per heavy atom. The van der Waals surface area contributed by atoms with Gasteiger partial charge in [-0.3, -0.25) is 0 Å². The van der Waals surface area contributed by atoms with Gasteiger partial charge in [0.15, 0.2) is 0 Å². The third kappa shape index (κ3) is 10.1. The van der Waals surface area contributed by atoms with E-state index in [-0.39, 0.29) is 17.4 Å². The fraction of sp³-hybridized carbons (Fsp3) is 0.576. The molecule has 1 rings (SSSR count). The second kappa shape index (κ2) is 15.0. The molecule has 0 saturated heterocycles. The summed E-state index contributed by atoms with van der Waals surface area (Å²) in [6.45, 7) is 23.1. The zero-order valence-electron chi connectivity index (χ0n) is 24.3. The van der Waals surface area contributed by atoms with Crippen molar-refractivity contribution in [2.45, 2.75) is 108 Å². The summed E-state index contributed by atoms with van der Waals surface area (Å²) >= 11 is 0. The van der Waals surface area contributed by atoms with Crippen LogP contribution < -0.4 is 11.1 Å². The Balaban J connectivity index is 2.78. The molecule has 0 bridgehead atoms. The van der Waals surface area contributed by atoms with Gasteiger partial charge >= 0.3 is 0 Å². The Labute approximate surface area is 217 Å². The van der Waals surface area contributed by atoms with E-state index in [1.807, 2.05) is 0 Å². The highest BCUT2D eigenvalue weighted by Gasteiger charge is 2.20. The van der Waals surface area contributed by atoms with Crippen LogP contribution in [0.25, 0.3) is 0 Å². The smallest absolute Gasteiger partial charge is 0.0397 e. The van der Waals surface area contributed by atoms with Gasteiger partial charge in [0.2, 0.25) is 0 Å². The lowest BCUT2D eigenvalue weighted by atomic mass is 9.79. The first-order chi connectivity index (χ1) is 16.5. The van der Waals surface area contributed by atoms with Gasteiger partial charge in [0.1, 0.15) is 0 Å². The molecule has 1 aromatic carbocycles. The SMILES string of the molecule is C/C=C(\C=C(/C)NCc1ccc(CC#CC(C(C)C)C(N)CCC)cc1)C(/C)=C(\C)C(C)(C)CC. The van der Waals surface area contributed by atoms with Crippen LogP contribution in [0, 0.1) is 29.1 Å². The molecule has 2 heteroatoms. The van der Waals surface area contributed by atoms with Gasteiger partial charge < -0.3 is 11.1 Å². The van der Waals surface area contributed by atoms with E-state index in [9.17, 15) is 0 Å². The molecule has 2 nitrogen and oxygen atoms in total. The van der Waals surface area contributed by atoms with E-state index in [4.69, 9.17) is 5.73 Å². The van der Waals surface area contributed by atoms with Gasteiger partial charge in [-0.05, 0) is 80.2 Å². The van der Waals surface area contributed by atoms with Crippen LogP contribution in [0.15, 0.2) is 58.8 Å². The van der Waals surface area contributed by atoms with Crippen molar-refractivity contribution in [3.8, 4) is 11.8 Å². The summed E-state index contributed by atoms with van der Waals surface area (Å²) in [6, 6.07) is 8.97. The van der Waals surface area contributed by atoms with E-state index >= 15 is 0 Å². The first kappa shape index (κ1) is 30.8. The molecule has 194 valence electrons. The van der Waals surface area contributed by atoms with Crippen molar-refractivity contribution >= 4 is 0 Å². The molecule has 2 atom stereocenters. The Morgan fingerprint density at radius 1 is 1.06 bits per heavy atom. The molecule has 0 heterocycles. The summed E-state index contributed by atoms with van der Waals surface area (Å²) in [7, 11) is 0. The first-order valence-corrected chi connectivity index (χ1v) is 13.5. The Morgan fingerprint density at radius 3 is 2.17 bits per heavy atom. The lowest BCUT2D eigenvalue weighted by Gasteiger charge is -2.27. The predicted molar refractivity (Wildman–Crippen MR) is 156 cm³/mol. The van der Waals surface area contributed by atoms with Gasteiger partial charge in [0, 0.05) is 30.6 Å². The van der Waals surface area contributed by atoms with Crippen molar-refractivity contribution in [3.05, 3.63) is 70.0 Å². The molecule has 1 aromatic rings. The van der Waals surface area contributed by atoms with Crippen LogP contribution in [-0.4, -0.2) is 6.04 Å². The summed E-state index contributed by atoms with van der Waals surface area (Å²) in [6.07, 6.45) is 8.54. The van der Waals surface area contributed by atoms with Gasteiger partial charge in [0.25, 0.3) is 0 Å². The lowest BCUT2D eigenvalue weighted by molar-refractivity contribution is 0.380. The van der Waals surface area contributed by atoms with E-state index in [0.29, 0.717) is 5.92 Å². The summed E-state index contributed by atoms with van der Waals surface area (Å²) in [5.74, 6) is 7.60. The largest absolute Gasteiger partial charge is 0.384 e. The lowest BCUT2D eigenvalue weighted by Crippen LogP contribution is -2.32. The number of hydrogen-bond acceptors (Lipinski definition) is 2. The molecule has 0 aliphatic heterocycles. The normalized spacial score (nSPS) is 15.3. The number of benzene rings is 1. The third-order valence-electron chi connectivity index (χ3n) is 7.53. The monoisotopic (exact) mass is 476 g/mol. The maximum absolute atomic E-state index is 6.36. The molecule has 0 spiro atoms. The van der Waals surface area contributed by atoms with Gasteiger partial charge in [-0.2, -0.15) is 0 Å². The minimum atomic E-state index is 0.168. The van der Waals surface area contributed by atoms with Crippen LogP contribution in [0.3, 0.4) is 0 Å². The number of nitrogens with two attached hydrogens (primary N) is 1. The quantitative estimate of drug-likeness (QED) is 0.235. The minimum Gasteiger partial charge on any atom is -0.384 e. The standard InChI is InChI=1S/C33H52N2/c1-11-15-32(34)31(24(4)5)17-14-16-28-18-20-29(21-19-28)23-35-25(6)22-30(12-2)26(7)27(8)33(9,10)13-3/h12,18-22,24,31-32,35H,11,13,15-16,23,34H2,1-10H3/b25-22+,27-26+,30-12+. The molecule has 0 radical (unpaired) electrons. The highest BCUT2D eigenvalue weighted by Crippen LogP contribution is 2.34. The molecule has 0 aliphatic rings. The van der Waals surface area contributed by atoms with E-state index in [1.165, 1.54) is 33.5 Å². The van der Waals surface area contributed by atoms with Gasteiger partial charge in [-0.1, -0.05) is 95.7 Å². The third-order valence-corrected chi connectivity index (χ3v) is 7.53. The number of rotatable bonds is 12. The van der Waals surface area contributed by atoms with E-state index in [2.05, 4.69) is 123 Å². The van der Waals surface area contributed by atoms with Crippen molar-refractivity contribution in [1.82, 2.24) is 5.32 Å². The molecule has 0 aliphatic carbocycles. The van der Waals surface area contributed by atoms with E-state index in [1.54, 1.807) is 0 Å². The van der Waals surface area contributed by atoms with Crippen LogP contribution in [0.1, 0.15) is 99.6 Å². The van der Waals surface area contributed by atoms with Crippen LogP contribution in [0.2, 0.25) is 0 Å². The zero-order valence-corrected chi connectivity index (χ0v) is 24.3. The Kier molecular flexibility index (Phi) is 13.2. The first-order valence-electron chi connectivity index (χ1n) is 13.5. The average molecular weight is 477 g/mol. The molecule has 2 unspecified atom stereocenters. The van der Waals surface area contributed by atoms with E-state index in [0.717, 1.165) is 32.2 Å². The zero-order chi connectivity index (χ0) is 26.6. The molecule has 35 heavy (non-hydrogen) atoms. The van der Waals surface area contributed by atoms with Crippen molar-refractivity contribution in [2.24, 2.45) is 23.0 Å². The molecular formula is C33H52N2. The predicted octanol–water partition coefficient (Wildman–Crippen LogP) is 8.34. The molecule has 0 amide bonds. The maximum Gasteiger partial charge on any atom is 0.0397 e. The van der Waals surface area contributed by atoms with Crippen LogP contribution in [0.5, 0.6) is 0 Å². The van der Waals surface area contributed by atoms with Crippen LogP contribution in [0.4, 0.5) is 0 Å². The van der Waals surface area contributed by atoms with Crippen LogP contribution >= 0.6 is 0 Å². The Hall–Kier alpha value is -2.24. The summed E-state index contributed by atoms with van der Waals surface area (Å²) in [5.41, 5.74) is 14.4. The fourth-order valence-corrected chi connectivity index (χ4v) is 4.25. The van der Waals surface area contributed by atoms with Crippen molar-refractivity contribution < 1.29 is 0 Å². The average Bonchev–Trinajstić information content (AvgIpc) is 2.83. The Bertz CT molecular complexity index is 930. The topological polar surface area (TPSA) is 38.0 Å². The number of allylic oxidation sites excluding steroid dienone is 6. The minimum absolute atomic E-state index is 0.168. The van der Waals surface area contributed by atoms with Gasteiger partial charge in [-0.15, -0.1) is 0 Å². The fourth-order valence-electron chi connectivity index (χ4n) is 4.25. The molecule has 3 N–H and O–H groups in total. The van der Waals surface area contributed by atoms with Crippen LogP contribution in [-0.2, 0) is 13.0 Å². The van der Waals surface area contributed by atoms with Gasteiger partial charge in [-0.25, -0.2) is 0 Å². The van der Waals surface area contributed by atoms with Crippen molar-refractivity contribution in [1.29, 1.82) is 0 Å². The number of nitrogens with one attached hydrogen (secondary N) is 1. The highest BCUT2D eigenvalue weighted by atomic mass is 14.9.